The van der Waals surface area contributed by atoms with Crippen molar-refractivity contribution >= 4 is 5.91 Å². The van der Waals surface area contributed by atoms with Crippen molar-refractivity contribution in [2.45, 2.75) is 31.8 Å². The van der Waals surface area contributed by atoms with E-state index < -0.39 is 5.82 Å². The average molecular weight is 265 g/mol. The van der Waals surface area contributed by atoms with Crippen LogP contribution in [0.4, 0.5) is 4.39 Å². The van der Waals surface area contributed by atoms with E-state index in [1.54, 1.807) is 0 Å². The maximum absolute atomic E-state index is 12.7. The average Bonchev–Trinajstić information content (AvgIpc) is 3.25. The van der Waals surface area contributed by atoms with E-state index in [0.717, 1.165) is 44.6 Å². The molecule has 0 N–H and O–H groups in total. The van der Waals surface area contributed by atoms with Gasteiger partial charge in [-0.15, -0.1) is 0 Å². The lowest BCUT2D eigenvalue weighted by Crippen LogP contribution is -2.45. The maximum atomic E-state index is 12.7. The Balaban J connectivity index is 1.58. The summed E-state index contributed by atoms with van der Waals surface area (Å²) in [6.45, 7) is 1.38. The van der Waals surface area contributed by atoms with Crippen LogP contribution in [0.15, 0.2) is 12.4 Å². The van der Waals surface area contributed by atoms with Crippen LogP contribution in [0, 0.1) is 11.7 Å². The first kappa shape index (κ1) is 12.3. The van der Waals surface area contributed by atoms with Gasteiger partial charge in [0, 0.05) is 12.5 Å². The van der Waals surface area contributed by atoms with Gasteiger partial charge in [0.25, 0.3) is 0 Å². The lowest BCUT2D eigenvalue weighted by atomic mass is 10.1. The number of ether oxygens (including phenoxy) is 1. The van der Waals surface area contributed by atoms with Gasteiger partial charge in [0.2, 0.25) is 5.91 Å². The summed E-state index contributed by atoms with van der Waals surface area (Å²) in [6.07, 6.45) is 5.89. The van der Waals surface area contributed by atoms with Crippen molar-refractivity contribution in [3.8, 4) is 6.01 Å². The summed E-state index contributed by atoms with van der Waals surface area (Å²) < 4.78 is 18.3. The van der Waals surface area contributed by atoms with Crippen LogP contribution < -0.4 is 4.74 Å². The molecule has 0 radical (unpaired) electrons. The zero-order valence-electron chi connectivity index (χ0n) is 10.6. The molecule has 0 unspecified atom stereocenters. The molecule has 1 amide bonds. The first-order valence-corrected chi connectivity index (χ1v) is 6.65. The number of carbonyl (C=O) groups is 1. The molecule has 102 valence electrons. The van der Waals surface area contributed by atoms with Crippen LogP contribution >= 0.6 is 0 Å². The van der Waals surface area contributed by atoms with Crippen molar-refractivity contribution in [2.24, 2.45) is 5.92 Å². The van der Waals surface area contributed by atoms with Crippen LogP contribution in [0.2, 0.25) is 0 Å². The number of halogens is 1. The molecule has 1 aromatic rings. The number of hydrogen-bond acceptors (Lipinski definition) is 4. The summed E-state index contributed by atoms with van der Waals surface area (Å²) in [4.78, 5) is 21.4. The molecule has 1 saturated carbocycles. The molecule has 5 nitrogen and oxygen atoms in total. The molecule has 6 heteroatoms. The Morgan fingerprint density at radius 3 is 2.74 bits per heavy atom. The van der Waals surface area contributed by atoms with Gasteiger partial charge < -0.3 is 9.64 Å². The van der Waals surface area contributed by atoms with Gasteiger partial charge in [-0.05, 0) is 25.7 Å². The normalized spacial score (nSPS) is 23.2. The van der Waals surface area contributed by atoms with Crippen molar-refractivity contribution in [1.82, 2.24) is 14.9 Å². The minimum absolute atomic E-state index is 0.0955. The van der Waals surface area contributed by atoms with E-state index in [-0.39, 0.29) is 23.9 Å². The SMILES string of the molecule is O=C(C1CC1)N1CCC[C@@H](Oc2ncc(F)cn2)C1. The molecule has 3 rings (SSSR count). The highest BCUT2D eigenvalue weighted by molar-refractivity contribution is 5.81. The third kappa shape index (κ3) is 3.00. The number of piperidine rings is 1. The van der Waals surface area contributed by atoms with Crippen LogP contribution in [-0.2, 0) is 4.79 Å². The number of amides is 1. The molecule has 0 aromatic carbocycles. The number of carbonyl (C=O) groups excluding carboxylic acids is 1. The molecule has 1 aliphatic heterocycles. The van der Waals surface area contributed by atoms with E-state index in [0.29, 0.717) is 6.54 Å². The Kier molecular flexibility index (Phi) is 3.31. The molecule has 2 aliphatic rings. The van der Waals surface area contributed by atoms with Crippen LogP contribution in [0.3, 0.4) is 0 Å². The second-order valence-corrected chi connectivity index (χ2v) is 5.12. The zero-order chi connectivity index (χ0) is 13.2. The summed E-state index contributed by atoms with van der Waals surface area (Å²) in [5.41, 5.74) is 0. The highest BCUT2D eigenvalue weighted by atomic mass is 19.1. The summed E-state index contributed by atoms with van der Waals surface area (Å²) in [5.74, 6) is -0.00400. The largest absolute Gasteiger partial charge is 0.458 e. The molecule has 2 heterocycles. The van der Waals surface area contributed by atoms with Gasteiger partial charge in [-0.2, -0.15) is 0 Å². The second kappa shape index (κ2) is 5.11. The fourth-order valence-corrected chi connectivity index (χ4v) is 2.33. The zero-order valence-corrected chi connectivity index (χ0v) is 10.6. The third-order valence-electron chi connectivity index (χ3n) is 3.49. The Bertz CT molecular complexity index is 461. The van der Waals surface area contributed by atoms with Crippen LogP contribution in [0.5, 0.6) is 6.01 Å². The molecule has 1 aliphatic carbocycles. The first-order valence-electron chi connectivity index (χ1n) is 6.65. The Hall–Kier alpha value is -1.72. The molecule has 1 aromatic heterocycles. The highest BCUT2D eigenvalue weighted by Crippen LogP contribution is 2.32. The van der Waals surface area contributed by atoms with Crippen molar-refractivity contribution in [2.75, 3.05) is 13.1 Å². The quantitative estimate of drug-likeness (QED) is 0.829. The van der Waals surface area contributed by atoms with E-state index in [1.165, 1.54) is 0 Å². The van der Waals surface area contributed by atoms with Crippen LogP contribution in [0.25, 0.3) is 0 Å². The van der Waals surface area contributed by atoms with Gasteiger partial charge in [-0.1, -0.05) is 0 Å². The third-order valence-corrected chi connectivity index (χ3v) is 3.49. The molecule has 1 saturated heterocycles. The minimum Gasteiger partial charge on any atom is -0.458 e. The standard InChI is InChI=1S/C13H16FN3O2/c14-10-6-15-13(16-7-10)19-11-2-1-5-17(8-11)12(18)9-3-4-9/h6-7,9,11H,1-5,8H2/t11-/m1/s1. The molecule has 0 bridgehead atoms. The van der Waals surface area contributed by atoms with Gasteiger partial charge >= 0.3 is 6.01 Å². The number of hydrogen-bond donors (Lipinski definition) is 0. The van der Waals surface area contributed by atoms with E-state index in [1.807, 2.05) is 4.90 Å². The number of rotatable bonds is 3. The van der Waals surface area contributed by atoms with Crippen LogP contribution in [0.1, 0.15) is 25.7 Å². The first-order chi connectivity index (χ1) is 9.22. The highest BCUT2D eigenvalue weighted by Gasteiger charge is 2.35. The predicted molar refractivity (Wildman–Crippen MR) is 64.9 cm³/mol. The van der Waals surface area contributed by atoms with E-state index >= 15 is 0 Å². The molecule has 19 heavy (non-hydrogen) atoms. The fraction of sp³-hybridized carbons (Fsp3) is 0.615. The van der Waals surface area contributed by atoms with Crippen molar-refractivity contribution in [1.29, 1.82) is 0 Å². The van der Waals surface area contributed by atoms with E-state index in [2.05, 4.69) is 9.97 Å². The van der Waals surface area contributed by atoms with Crippen molar-refractivity contribution < 1.29 is 13.9 Å². The molecule has 1 atom stereocenters. The monoisotopic (exact) mass is 265 g/mol. The lowest BCUT2D eigenvalue weighted by Gasteiger charge is -2.32. The summed E-state index contributed by atoms with van der Waals surface area (Å²) in [5, 5.41) is 0. The topological polar surface area (TPSA) is 55.3 Å². The Morgan fingerprint density at radius 2 is 2.05 bits per heavy atom. The van der Waals surface area contributed by atoms with Crippen molar-refractivity contribution in [3.63, 3.8) is 0 Å². The Labute approximate surface area is 110 Å². The fourth-order valence-electron chi connectivity index (χ4n) is 2.33. The minimum atomic E-state index is -0.485. The summed E-state index contributed by atoms with van der Waals surface area (Å²) >= 11 is 0. The van der Waals surface area contributed by atoms with Gasteiger partial charge in [0.15, 0.2) is 5.82 Å². The molecule has 0 spiro atoms. The van der Waals surface area contributed by atoms with E-state index in [4.69, 9.17) is 4.74 Å². The van der Waals surface area contributed by atoms with Gasteiger partial charge in [-0.3, -0.25) is 4.79 Å². The van der Waals surface area contributed by atoms with Gasteiger partial charge in [0.05, 0.1) is 18.9 Å². The lowest BCUT2D eigenvalue weighted by molar-refractivity contribution is -0.135. The second-order valence-electron chi connectivity index (χ2n) is 5.12. The molecular formula is C13H16FN3O2. The Morgan fingerprint density at radius 1 is 1.32 bits per heavy atom. The number of nitrogens with zero attached hydrogens (tertiary/aromatic N) is 3. The van der Waals surface area contributed by atoms with Crippen molar-refractivity contribution in [3.05, 3.63) is 18.2 Å². The number of aromatic nitrogens is 2. The number of likely N-dealkylation sites (tertiary alicyclic amines) is 1. The molecule has 2 fully saturated rings. The molecular weight excluding hydrogens is 249 g/mol. The van der Waals surface area contributed by atoms with Gasteiger partial charge in [0.1, 0.15) is 6.10 Å². The van der Waals surface area contributed by atoms with Crippen LogP contribution in [-0.4, -0.2) is 40.0 Å². The smallest absolute Gasteiger partial charge is 0.316 e. The summed E-state index contributed by atoms with van der Waals surface area (Å²) in [6, 6.07) is 0.173. The summed E-state index contributed by atoms with van der Waals surface area (Å²) in [7, 11) is 0. The van der Waals surface area contributed by atoms with E-state index in [9.17, 15) is 9.18 Å². The van der Waals surface area contributed by atoms with Gasteiger partial charge in [-0.25, -0.2) is 14.4 Å². The predicted octanol–water partition coefficient (Wildman–Crippen LogP) is 1.40. The maximum Gasteiger partial charge on any atom is 0.316 e.